The quantitative estimate of drug-likeness (QED) is 0.745. The van der Waals surface area contributed by atoms with Crippen molar-refractivity contribution in [3.05, 3.63) is 46.8 Å². The van der Waals surface area contributed by atoms with Gasteiger partial charge in [-0.15, -0.1) is 0 Å². The summed E-state index contributed by atoms with van der Waals surface area (Å²) in [5.74, 6) is -0.285. The molecule has 1 aromatic carbocycles. The topological polar surface area (TPSA) is 61.4 Å². The van der Waals surface area contributed by atoms with Crippen molar-refractivity contribution < 1.29 is 14.3 Å². The molecule has 3 rings (SSSR count). The van der Waals surface area contributed by atoms with E-state index < -0.39 is 0 Å². The minimum Gasteiger partial charge on any atom is -0.396 e. The van der Waals surface area contributed by atoms with Crippen LogP contribution in [0.2, 0.25) is 5.02 Å². The van der Waals surface area contributed by atoms with Crippen molar-refractivity contribution >= 4 is 17.6 Å². The van der Waals surface area contributed by atoms with Crippen LogP contribution in [0.15, 0.2) is 30.4 Å². The second kappa shape index (κ2) is 6.26. The summed E-state index contributed by atoms with van der Waals surface area (Å²) in [7, 11) is 0. The van der Waals surface area contributed by atoms with E-state index in [1.165, 1.54) is 6.07 Å². The number of halogens is 2. The van der Waals surface area contributed by atoms with Crippen molar-refractivity contribution in [2.45, 2.75) is 30.8 Å². The molecule has 0 aliphatic heterocycles. The fourth-order valence-corrected chi connectivity index (χ4v) is 3.24. The first kappa shape index (κ1) is 15.3. The third kappa shape index (κ3) is 3.25. The van der Waals surface area contributed by atoms with Crippen molar-refractivity contribution in [3.8, 4) is 0 Å². The molecule has 0 spiro atoms. The Balaban J connectivity index is 1.51. The smallest absolute Gasteiger partial charge is 0.315 e. The molecule has 4 atom stereocenters. The van der Waals surface area contributed by atoms with Crippen LogP contribution >= 0.6 is 11.6 Å². The van der Waals surface area contributed by atoms with Crippen molar-refractivity contribution in [3.63, 3.8) is 0 Å². The molecule has 1 fully saturated rings. The third-order valence-corrected chi connectivity index (χ3v) is 4.53. The van der Waals surface area contributed by atoms with Gasteiger partial charge in [-0.2, -0.15) is 0 Å². The SMILES string of the molecule is O=C(N[C@@H]1C=C[C@H](CO)C1)N[C@@H]1C[C@H]1c1c(F)cccc1Cl. The van der Waals surface area contributed by atoms with Crippen LogP contribution in [0.3, 0.4) is 0 Å². The van der Waals surface area contributed by atoms with Gasteiger partial charge in [0.05, 0.1) is 0 Å². The molecule has 118 valence electrons. The largest absolute Gasteiger partial charge is 0.396 e. The highest BCUT2D eigenvalue weighted by Gasteiger charge is 2.42. The average molecular weight is 325 g/mol. The van der Waals surface area contributed by atoms with Crippen LogP contribution in [0.1, 0.15) is 24.3 Å². The Hall–Kier alpha value is -1.59. The van der Waals surface area contributed by atoms with Crippen LogP contribution in [0, 0.1) is 11.7 Å². The van der Waals surface area contributed by atoms with Gasteiger partial charge in [0.25, 0.3) is 0 Å². The van der Waals surface area contributed by atoms with Gasteiger partial charge in [0.15, 0.2) is 0 Å². The van der Waals surface area contributed by atoms with Gasteiger partial charge < -0.3 is 15.7 Å². The maximum absolute atomic E-state index is 13.8. The summed E-state index contributed by atoms with van der Waals surface area (Å²) in [6.07, 6.45) is 5.19. The van der Waals surface area contributed by atoms with Gasteiger partial charge in [-0.25, -0.2) is 9.18 Å². The Kier molecular flexibility index (Phi) is 4.36. The summed E-state index contributed by atoms with van der Waals surface area (Å²) < 4.78 is 13.8. The zero-order chi connectivity index (χ0) is 15.7. The molecule has 1 saturated carbocycles. The molecular weight excluding hydrogens is 307 g/mol. The molecule has 2 aliphatic carbocycles. The monoisotopic (exact) mass is 324 g/mol. The number of carbonyl (C=O) groups excluding carboxylic acids is 1. The minimum atomic E-state index is -0.327. The normalized spacial score (nSPS) is 29.4. The molecule has 22 heavy (non-hydrogen) atoms. The highest BCUT2D eigenvalue weighted by atomic mass is 35.5. The fraction of sp³-hybridized carbons (Fsp3) is 0.438. The van der Waals surface area contributed by atoms with E-state index in [4.69, 9.17) is 16.7 Å². The first-order chi connectivity index (χ1) is 10.6. The maximum atomic E-state index is 13.8. The average Bonchev–Trinajstić information content (AvgIpc) is 3.05. The van der Waals surface area contributed by atoms with E-state index in [-0.39, 0.29) is 42.4 Å². The summed E-state index contributed by atoms with van der Waals surface area (Å²) in [5, 5.41) is 15.1. The molecule has 2 amide bonds. The standard InChI is InChI=1S/C16H18ClFN2O2/c17-12-2-1-3-13(18)15(12)11-7-14(11)20-16(22)19-10-5-4-9(6-10)8-21/h1-5,9-11,14,21H,6-8H2,(H2,19,20,22)/t9-,10+,11+,14+/m0/s1. The lowest BCUT2D eigenvalue weighted by Crippen LogP contribution is -2.42. The molecule has 0 saturated heterocycles. The Morgan fingerprint density at radius 1 is 1.32 bits per heavy atom. The molecule has 1 aromatic rings. The Labute approximate surface area is 133 Å². The Morgan fingerprint density at radius 2 is 2.14 bits per heavy atom. The number of nitrogens with one attached hydrogen (secondary N) is 2. The van der Waals surface area contributed by atoms with Gasteiger partial charge in [0, 0.05) is 41.1 Å². The van der Waals surface area contributed by atoms with Gasteiger partial charge in [-0.05, 0) is 25.0 Å². The lowest BCUT2D eigenvalue weighted by atomic mass is 10.1. The molecule has 0 bridgehead atoms. The number of aliphatic hydroxyl groups is 1. The van der Waals surface area contributed by atoms with Crippen molar-refractivity contribution in [2.75, 3.05) is 6.61 Å². The molecule has 3 N–H and O–H groups in total. The number of amides is 2. The highest BCUT2D eigenvalue weighted by Crippen LogP contribution is 2.44. The summed E-state index contributed by atoms with van der Waals surface area (Å²) in [4.78, 5) is 11.9. The number of urea groups is 1. The molecule has 0 radical (unpaired) electrons. The van der Waals surface area contributed by atoms with Gasteiger partial charge in [0.1, 0.15) is 5.82 Å². The number of rotatable bonds is 4. The number of hydrogen-bond acceptors (Lipinski definition) is 2. The highest BCUT2D eigenvalue weighted by molar-refractivity contribution is 6.31. The molecule has 6 heteroatoms. The van der Waals surface area contributed by atoms with Gasteiger partial charge >= 0.3 is 6.03 Å². The number of aliphatic hydroxyl groups excluding tert-OH is 1. The summed E-state index contributed by atoms with van der Waals surface area (Å²) in [6.45, 7) is 0.0901. The van der Waals surface area contributed by atoms with Crippen LogP contribution in [0.5, 0.6) is 0 Å². The molecular formula is C16H18ClFN2O2. The van der Waals surface area contributed by atoms with Crippen LogP contribution in [-0.4, -0.2) is 29.8 Å². The lowest BCUT2D eigenvalue weighted by molar-refractivity contribution is 0.231. The fourth-order valence-electron chi connectivity index (χ4n) is 2.93. The molecule has 2 aliphatic rings. The number of hydrogen-bond donors (Lipinski definition) is 3. The predicted molar refractivity (Wildman–Crippen MR) is 82.3 cm³/mol. The predicted octanol–water partition coefficient (Wildman–Crippen LogP) is 2.57. The van der Waals surface area contributed by atoms with Crippen molar-refractivity contribution in [1.82, 2.24) is 10.6 Å². The van der Waals surface area contributed by atoms with Gasteiger partial charge in [0.2, 0.25) is 0 Å². The molecule has 4 nitrogen and oxygen atoms in total. The lowest BCUT2D eigenvalue weighted by Gasteiger charge is -2.14. The summed E-state index contributed by atoms with van der Waals surface area (Å²) >= 11 is 6.03. The van der Waals surface area contributed by atoms with E-state index in [0.29, 0.717) is 23.4 Å². The van der Waals surface area contributed by atoms with Crippen molar-refractivity contribution in [1.29, 1.82) is 0 Å². The zero-order valence-electron chi connectivity index (χ0n) is 11.9. The van der Waals surface area contributed by atoms with Gasteiger partial charge in [-0.3, -0.25) is 0 Å². The third-order valence-electron chi connectivity index (χ3n) is 4.20. The van der Waals surface area contributed by atoms with Crippen LogP contribution in [0.25, 0.3) is 0 Å². The first-order valence-electron chi connectivity index (χ1n) is 7.38. The van der Waals surface area contributed by atoms with Gasteiger partial charge in [-0.1, -0.05) is 29.8 Å². The van der Waals surface area contributed by atoms with E-state index in [1.807, 2.05) is 12.2 Å². The van der Waals surface area contributed by atoms with E-state index in [0.717, 1.165) is 0 Å². The van der Waals surface area contributed by atoms with Crippen LogP contribution < -0.4 is 10.6 Å². The Morgan fingerprint density at radius 3 is 2.82 bits per heavy atom. The van der Waals surface area contributed by atoms with E-state index in [9.17, 15) is 9.18 Å². The molecule has 0 aromatic heterocycles. The summed E-state index contributed by atoms with van der Waals surface area (Å²) in [6, 6.07) is 4.19. The van der Waals surface area contributed by atoms with Crippen LogP contribution in [-0.2, 0) is 0 Å². The summed E-state index contributed by atoms with van der Waals surface area (Å²) in [5.41, 5.74) is 0.482. The van der Waals surface area contributed by atoms with Crippen molar-refractivity contribution in [2.24, 2.45) is 5.92 Å². The molecule has 0 unspecified atom stereocenters. The Bertz CT molecular complexity index is 588. The maximum Gasteiger partial charge on any atom is 0.315 e. The first-order valence-corrected chi connectivity index (χ1v) is 7.76. The number of benzene rings is 1. The van der Waals surface area contributed by atoms with E-state index >= 15 is 0 Å². The minimum absolute atomic E-state index is 0.0635. The second-order valence-corrected chi connectivity index (χ2v) is 6.28. The second-order valence-electron chi connectivity index (χ2n) is 5.87. The molecule has 0 heterocycles. The van der Waals surface area contributed by atoms with Crippen LogP contribution in [0.4, 0.5) is 9.18 Å². The zero-order valence-corrected chi connectivity index (χ0v) is 12.7. The number of carbonyl (C=O) groups is 1. The van der Waals surface area contributed by atoms with E-state index in [2.05, 4.69) is 10.6 Å². The van der Waals surface area contributed by atoms with E-state index in [1.54, 1.807) is 12.1 Å².